The van der Waals surface area contributed by atoms with Crippen molar-refractivity contribution in [1.29, 1.82) is 0 Å². The van der Waals surface area contributed by atoms with Gasteiger partial charge in [-0.2, -0.15) is 0 Å². The first kappa shape index (κ1) is 31.1. The normalized spacial score (nSPS) is 13.8. The number of phenols is 2. The Bertz CT molecular complexity index is 946. The highest BCUT2D eigenvalue weighted by Gasteiger charge is 2.31. The van der Waals surface area contributed by atoms with Gasteiger partial charge in [-0.3, -0.25) is 0 Å². The van der Waals surface area contributed by atoms with E-state index >= 15 is 0 Å². The molecule has 0 aliphatic heterocycles. The van der Waals surface area contributed by atoms with Crippen LogP contribution in [0.5, 0.6) is 11.5 Å². The van der Waals surface area contributed by atoms with Gasteiger partial charge < -0.3 is 28.1 Å². The lowest BCUT2D eigenvalue weighted by atomic mass is 9.75. The van der Waals surface area contributed by atoms with Gasteiger partial charge in [-0.05, 0) is 35.4 Å². The smallest absolute Gasteiger partial charge is 0.133 e. The number of aromatic hydroxyl groups is 2. The van der Waals surface area contributed by atoms with E-state index in [0.29, 0.717) is 11.5 Å². The summed E-state index contributed by atoms with van der Waals surface area (Å²) in [5.74, 6) is 0.839. The summed E-state index contributed by atoms with van der Waals surface area (Å²) in [6.07, 6.45) is 0. The summed E-state index contributed by atoms with van der Waals surface area (Å²) in [6, 6.07) is 8.79. The molecule has 0 bridgehead atoms. The van der Waals surface area contributed by atoms with E-state index in [1.54, 1.807) is 0 Å². The fraction of sp³-hybridized carbons (Fsp3) is 0.613. The molecule has 0 atom stereocenters. The van der Waals surface area contributed by atoms with Crippen LogP contribution in [0.25, 0.3) is 0 Å². The van der Waals surface area contributed by atoms with Crippen molar-refractivity contribution in [3.05, 3.63) is 57.6 Å². The lowest BCUT2D eigenvalue weighted by molar-refractivity contribution is -0.884. The lowest BCUT2D eigenvalue weighted by Gasteiger charge is -2.33. The van der Waals surface area contributed by atoms with Crippen molar-refractivity contribution < 1.29 is 28.1 Å². The second kappa shape index (κ2) is 10.2. The van der Waals surface area contributed by atoms with E-state index in [9.17, 15) is 10.2 Å². The average Bonchev–Trinajstić information content (AvgIpc) is 2.63. The predicted molar refractivity (Wildman–Crippen MR) is 155 cm³/mol. The number of nitrogens with zero attached hydrogens (tertiary/aromatic N) is 4. The Morgan fingerprint density at radius 1 is 0.459 bits per heavy atom. The van der Waals surface area contributed by atoms with Crippen molar-refractivity contribution in [2.24, 2.45) is 0 Å². The van der Waals surface area contributed by atoms with Crippen molar-refractivity contribution >= 4 is 0 Å². The Balaban J connectivity index is 2.80. The fourth-order valence-corrected chi connectivity index (χ4v) is 4.93. The molecule has 208 valence electrons. The molecule has 6 heteroatoms. The van der Waals surface area contributed by atoms with Crippen LogP contribution in [-0.2, 0) is 31.6 Å². The molecule has 0 unspecified atom stereocenters. The average molecular weight is 517 g/mol. The quantitative estimate of drug-likeness (QED) is 0.464. The molecular weight excluding hydrogens is 460 g/mol. The van der Waals surface area contributed by atoms with Crippen molar-refractivity contribution in [2.75, 3.05) is 84.6 Å². The Kier molecular flexibility index (Phi) is 8.59. The minimum absolute atomic E-state index is 0.320. The largest absolute Gasteiger partial charge is 0.507 e. The summed E-state index contributed by atoms with van der Waals surface area (Å²) < 4.78 is 2.95. The summed E-state index contributed by atoms with van der Waals surface area (Å²) in [4.78, 5) is 0. The second-order valence-corrected chi connectivity index (χ2v) is 15.7. The van der Waals surface area contributed by atoms with E-state index in [0.717, 1.165) is 66.4 Å². The zero-order valence-electron chi connectivity index (χ0n) is 26.3. The zero-order valence-corrected chi connectivity index (χ0v) is 26.3. The van der Waals surface area contributed by atoms with Gasteiger partial charge >= 0.3 is 0 Å². The number of phenolic OH excluding ortho intramolecular Hbond substituents is 2. The van der Waals surface area contributed by atoms with Gasteiger partial charge in [-0.15, -0.1) is 0 Å². The van der Waals surface area contributed by atoms with Crippen molar-refractivity contribution in [2.45, 2.75) is 45.4 Å². The van der Waals surface area contributed by atoms with Crippen LogP contribution >= 0.6 is 0 Å². The van der Waals surface area contributed by atoms with Crippen LogP contribution in [0.3, 0.4) is 0 Å². The maximum Gasteiger partial charge on any atom is 0.133 e. The molecule has 0 aromatic heterocycles. The summed E-state index contributed by atoms with van der Waals surface area (Å²) in [7, 11) is 25.9. The topological polar surface area (TPSA) is 40.5 Å². The summed E-state index contributed by atoms with van der Waals surface area (Å²) in [5.41, 5.74) is 6.00. The molecule has 6 nitrogen and oxygen atoms in total. The zero-order chi connectivity index (χ0) is 28.8. The first-order valence-corrected chi connectivity index (χ1v) is 13.3. The Morgan fingerprint density at radius 3 is 0.811 bits per heavy atom. The van der Waals surface area contributed by atoms with Gasteiger partial charge in [0.1, 0.15) is 37.7 Å². The molecule has 2 rings (SSSR count). The van der Waals surface area contributed by atoms with E-state index in [1.165, 1.54) is 11.1 Å². The Labute approximate surface area is 227 Å². The Morgan fingerprint density at radius 2 is 0.649 bits per heavy atom. The third-order valence-electron chi connectivity index (χ3n) is 6.56. The molecule has 0 fully saturated rings. The van der Waals surface area contributed by atoms with E-state index in [1.807, 2.05) is 0 Å². The lowest BCUT2D eigenvalue weighted by Crippen LogP contribution is -2.35. The summed E-state index contributed by atoms with van der Waals surface area (Å²) in [6.45, 7) is 7.51. The monoisotopic (exact) mass is 516 g/mol. The van der Waals surface area contributed by atoms with E-state index < -0.39 is 0 Å². The van der Waals surface area contributed by atoms with Crippen LogP contribution < -0.4 is 0 Å². The van der Waals surface area contributed by atoms with Crippen LogP contribution in [0.4, 0.5) is 0 Å². The first-order chi connectivity index (χ1) is 16.4. The molecular formula is C31H56N4O2+4. The van der Waals surface area contributed by atoms with Crippen LogP contribution in [-0.4, -0.2) is 113 Å². The molecule has 2 N–H and O–H groups in total. The molecule has 2 aromatic carbocycles. The number of hydrogen-bond acceptors (Lipinski definition) is 2. The van der Waals surface area contributed by atoms with Gasteiger partial charge in [0.2, 0.25) is 0 Å². The van der Waals surface area contributed by atoms with E-state index in [4.69, 9.17) is 0 Å². The maximum atomic E-state index is 11.3. The van der Waals surface area contributed by atoms with Gasteiger partial charge in [-0.1, -0.05) is 13.8 Å². The van der Waals surface area contributed by atoms with Crippen LogP contribution in [0.15, 0.2) is 24.3 Å². The fourth-order valence-electron chi connectivity index (χ4n) is 4.93. The van der Waals surface area contributed by atoms with E-state index in [2.05, 4.69) is 123 Å². The summed E-state index contributed by atoms with van der Waals surface area (Å²) >= 11 is 0. The molecule has 0 aliphatic rings. The summed E-state index contributed by atoms with van der Waals surface area (Å²) in [5, 5.41) is 22.6. The molecule has 0 saturated heterocycles. The van der Waals surface area contributed by atoms with Gasteiger partial charge in [0.05, 0.1) is 84.6 Å². The minimum Gasteiger partial charge on any atom is -0.507 e. The molecule has 0 aliphatic carbocycles. The third-order valence-corrected chi connectivity index (χ3v) is 6.56. The highest BCUT2D eigenvalue weighted by Crippen LogP contribution is 2.40. The predicted octanol–water partition coefficient (Wildman–Crippen LogP) is 4.25. The van der Waals surface area contributed by atoms with E-state index in [-0.39, 0.29) is 5.41 Å². The van der Waals surface area contributed by atoms with Crippen molar-refractivity contribution in [1.82, 2.24) is 0 Å². The van der Waals surface area contributed by atoms with Crippen LogP contribution in [0.1, 0.15) is 47.2 Å². The molecule has 0 amide bonds. The number of benzene rings is 2. The van der Waals surface area contributed by atoms with Crippen molar-refractivity contribution in [3.63, 3.8) is 0 Å². The van der Waals surface area contributed by atoms with Crippen LogP contribution in [0, 0.1) is 0 Å². The maximum absolute atomic E-state index is 11.3. The molecule has 0 spiro atoms. The molecule has 0 radical (unpaired) electrons. The second-order valence-electron chi connectivity index (χ2n) is 15.7. The Hall–Kier alpha value is -2.12. The highest BCUT2D eigenvalue weighted by molar-refractivity contribution is 5.52. The van der Waals surface area contributed by atoms with Gasteiger partial charge in [0, 0.05) is 27.7 Å². The highest BCUT2D eigenvalue weighted by atomic mass is 16.3. The number of hydrogen-bond donors (Lipinski definition) is 2. The SMILES string of the molecule is CC(C)(c1cc(C[N+](C)(C)C)c(O)c(C[N+](C)(C)C)c1)c1cc(C[N+](C)(C)C)c(O)c(C[N+](C)(C)C)c1. The molecule has 2 aromatic rings. The van der Waals surface area contributed by atoms with Crippen LogP contribution in [0.2, 0.25) is 0 Å². The first-order valence-electron chi connectivity index (χ1n) is 13.3. The van der Waals surface area contributed by atoms with Gasteiger partial charge in [0.15, 0.2) is 0 Å². The number of rotatable bonds is 10. The van der Waals surface area contributed by atoms with Gasteiger partial charge in [0.25, 0.3) is 0 Å². The molecule has 37 heavy (non-hydrogen) atoms. The standard InChI is InChI=1S/C31H54N4O2/c1-31(2,27-15-23(19-32(3,4)5)29(36)24(16-27)20-33(6,7)8)28-17-25(21-34(9,10)11)30(37)26(18-28)22-35(12,13)14/h15-18H,19-22H2,1-14H3/q+2/p+2. The third kappa shape index (κ3) is 8.99. The number of quaternary nitrogens is 4. The van der Waals surface area contributed by atoms with Gasteiger partial charge in [-0.25, -0.2) is 0 Å². The molecule has 0 heterocycles. The molecule has 0 saturated carbocycles. The minimum atomic E-state index is -0.320. The van der Waals surface area contributed by atoms with Crippen molar-refractivity contribution in [3.8, 4) is 11.5 Å².